The molecule has 0 saturated carbocycles. The Balaban J connectivity index is 2.36. The molecule has 0 unspecified atom stereocenters. The molecule has 0 aromatic heterocycles. The van der Waals surface area contributed by atoms with Crippen molar-refractivity contribution >= 4 is 11.4 Å². The quantitative estimate of drug-likeness (QED) is 0.926. The predicted molar refractivity (Wildman–Crippen MR) is 73.9 cm³/mol. The smallest absolute Gasteiger partial charge is 0.165 e. The summed E-state index contributed by atoms with van der Waals surface area (Å²) in [7, 11) is 2.94. The zero-order valence-electron chi connectivity index (χ0n) is 11.1. The number of hydrogen-bond acceptors (Lipinski definition) is 4. The van der Waals surface area contributed by atoms with Crippen LogP contribution in [0.2, 0.25) is 0 Å². The minimum atomic E-state index is -0.441. The largest absolute Gasteiger partial charge is 0.497 e. The molecule has 0 aliphatic carbocycles. The van der Waals surface area contributed by atoms with E-state index in [1.165, 1.54) is 19.2 Å². The highest BCUT2D eigenvalue weighted by atomic mass is 19.1. The highest BCUT2D eigenvalue weighted by Gasteiger charge is 2.07. The molecule has 0 heterocycles. The van der Waals surface area contributed by atoms with Gasteiger partial charge in [0.1, 0.15) is 11.8 Å². The van der Waals surface area contributed by atoms with Crippen LogP contribution in [-0.4, -0.2) is 14.2 Å². The molecule has 102 valence electrons. The van der Waals surface area contributed by atoms with Crippen LogP contribution >= 0.6 is 0 Å². The van der Waals surface area contributed by atoms with Crippen molar-refractivity contribution in [2.45, 2.75) is 0 Å². The molecule has 0 radical (unpaired) electrons. The molecule has 2 rings (SSSR count). The first-order valence-electron chi connectivity index (χ1n) is 5.86. The van der Waals surface area contributed by atoms with Crippen LogP contribution in [0.3, 0.4) is 0 Å². The number of ether oxygens (including phenoxy) is 2. The maximum atomic E-state index is 13.3. The van der Waals surface area contributed by atoms with E-state index in [1.54, 1.807) is 31.4 Å². The van der Waals surface area contributed by atoms with E-state index in [2.05, 4.69) is 11.4 Å². The molecule has 0 aliphatic heterocycles. The van der Waals surface area contributed by atoms with Crippen LogP contribution in [0.4, 0.5) is 15.8 Å². The third-order valence-corrected chi connectivity index (χ3v) is 2.78. The molecule has 0 spiro atoms. The number of hydrogen-bond donors (Lipinski definition) is 1. The van der Waals surface area contributed by atoms with Crippen molar-refractivity contribution < 1.29 is 13.9 Å². The van der Waals surface area contributed by atoms with Crippen LogP contribution in [0.15, 0.2) is 36.4 Å². The van der Waals surface area contributed by atoms with Gasteiger partial charge >= 0.3 is 0 Å². The number of rotatable bonds is 4. The number of anilines is 2. The molecular formula is C15H13FN2O2. The van der Waals surface area contributed by atoms with Gasteiger partial charge in [0.25, 0.3) is 0 Å². The minimum Gasteiger partial charge on any atom is -0.497 e. The van der Waals surface area contributed by atoms with Crippen LogP contribution in [0.1, 0.15) is 5.56 Å². The van der Waals surface area contributed by atoms with E-state index in [0.717, 1.165) is 0 Å². The molecule has 5 heteroatoms. The summed E-state index contributed by atoms with van der Waals surface area (Å²) in [4.78, 5) is 0. The average molecular weight is 272 g/mol. The summed E-state index contributed by atoms with van der Waals surface area (Å²) >= 11 is 0. The highest BCUT2D eigenvalue weighted by molar-refractivity contribution is 5.69. The maximum absolute atomic E-state index is 13.3. The summed E-state index contributed by atoms with van der Waals surface area (Å²) in [5.74, 6) is 0.321. The van der Waals surface area contributed by atoms with E-state index < -0.39 is 5.82 Å². The number of benzene rings is 2. The number of nitriles is 1. The monoisotopic (exact) mass is 272 g/mol. The Morgan fingerprint density at radius 2 is 1.90 bits per heavy atom. The van der Waals surface area contributed by atoms with Crippen molar-refractivity contribution in [3.63, 3.8) is 0 Å². The number of halogens is 1. The van der Waals surface area contributed by atoms with Crippen molar-refractivity contribution in [3.05, 3.63) is 47.8 Å². The van der Waals surface area contributed by atoms with Gasteiger partial charge in [-0.15, -0.1) is 0 Å². The van der Waals surface area contributed by atoms with E-state index >= 15 is 0 Å². The van der Waals surface area contributed by atoms with E-state index in [0.29, 0.717) is 22.7 Å². The summed E-state index contributed by atoms with van der Waals surface area (Å²) in [6, 6.07) is 11.5. The molecule has 0 amide bonds. The normalized spacial score (nSPS) is 9.70. The van der Waals surface area contributed by atoms with Crippen LogP contribution in [0, 0.1) is 17.1 Å². The van der Waals surface area contributed by atoms with E-state index in [4.69, 9.17) is 14.7 Å². The number of nitrogens with one attached hydrogen (secondary N) is 1. The Labute approximate surface area is 116 Å². The second-order valence-electron chi connectivity index (χ2n) is 4.00. The highest BCUT2D eigenvalue weighted by Crippen LogP contribution is 2.28. The summed E-state index contributed by atoms with van der Waals surface area (Å²) in [5, 5.41) is 12.1. The van der Waals surface area contributed by atoms with Crippen molar-refractivity contribution in [1.29, 1.82) is 5.26 Å². The van der Waals surface area contributed by atoms with Crippen LogP contribution < -0.4 is 14.8 Å². The fraction of sp³-hybridized carbons (Fsp3) is 0.133. The van der Waals surface area contributed by atoms with Gasteiger partial charge in [0.15, 0.2) is 11.6 Å². The lowest BCUT2D eigenvalue weighted by molar-refractivity contribution is 0.387. The average Bonchev–Trinajstić information content (AvgIpc) is 2.49. The lowest BCUT2D eigenvalue weighted by Gasteiger charge is -2.11. The second-order valence-corrected chi connectivity index (χ2v) is 4.00. The summed E-state index contributed by atoms with van der Waals surface area (Å²) in [6.45, 7) is 0. The molecule has 0 fully saturated rings. The van der Waals surface area contributed by atoms with Crippen LogP contribution in [-0.2, 0) is 0 Å². The molecule has 2 aromatic rings. The van der Waals surface area contributed by atoms with Gasteiger partial charge in [-0.05, 0) is 24.3 Å². The zero-order chi connectivity index (χ0) is 14.5. The van der Waals surface area contributed by atoms with Gasteiger partial charge in [-0.25, -0.2) is 4.39 Å². The van der Waals surface area contributed by atoms with Gasteiger partial charge in [0, 0.05) is 17.8 Å². The standard InChI is InChI=1S/C15H13FN2O2/c1-19-12-5-3-10(9-17)14(8-12)18-11-4-6-13(16)15(7-11)20-2/h3-8,18H,1-2H3. The van der Waals surface area contributed by atoms with Gasteiger partial charge in [-0.1, -0.05) is 0 Å². The molecule has 0 saturated heterocycles. The zero-order valence-corrected chi connectivity index (χ0v) is 11.1. The van der Waals surface area contributed by atoms with Crippen LogP contribution in [0.25, 0.3) is 0 Å². The Morgan fingerprint density at radius 3 is 2.55 bits per heavy atom. The molecule has 0 atom stereocenters. The fourth-order valence-electron chi connectivity index (χ4n) is 1.74. The summed E-state index contributed by atoms with van der Waals surface area (Å²) in [6.07, 6.45) is 0. The number of methoxy groups -OCH3 is 2. The molecule has 2 aromatic carbocycles. The SMILES string of the molecule is COc1ccc(C#N)c(Nc2ccc(F)c(OC)c2)c1. The van der Waals surface area contributed by atoms with E-state index in [1.807, 2.05) is 0 Å². The Morgan fingerprint density at radius 1 is 1.10 bits per heavy atom. The summed E-state index contributed by atoms with van der Waals surface area (Å²) in [5.41, 5.74) is 1.67. The van der Waals surface area contributed by atoms with Gasteiger partial charge in [-0.3, -0.25) is 0 Å². The third kappa shape index (κ3) is 2.81. The summed E-state index contributed by atoms with van der Waals surface area (Å²) < 4.78 is 23.4. The Kier molecular flexibility index (Phi) is 4.06. The van der Waals surface area contributed by atoms with Crippen molar-refractivity contribution in [1.82, 2.24) is 0 Å². The van der Waals surface area contributed by atoms with Crippen molar-refractivity contribution in [2.24, 2.45) is 0 Å². The second kappa shape index (κ2) is 5.93. The Bertz CT molecular complexity index is 665. The van der Waals surface area contributed by atoms with Gasteiger partial charge < -0.3 is 14.8 Å². The molecule has 1 N–H and O–H groups in total. The van der Waals surface area contributed by atoms with Crippen molar-refractivity contribution in [3.8, 4) is 17.6 Å². The first kappa shape index (κ1) is 13.7. The van der Waals surface area contributed by atoms with E-state index in [-0.39, 0.29) is 5.75 Å². The first-order valence-corrected chi connectivity index (χ1v) is 5.86. The molecule has 20 heavy (non-hydrogen) atoms. The van der Waals surface area contributed by atoms with Crippen LogP contribution in [0.5, 0.6) is 11.5 Å². The third-order valence-electron chi connectivity index (χ3n) is 2.78. The number of nitrogens with zero attached hydrogens (tertiary/aromatic N) is 1. The lowest BCUT2D eigenvalue weighted by atomic mass is 10.1. The predicted octanol–water partition coefficient (Wildman–Crippen LogP) is 3.46. The van der Waals surface area contributed by atoms with Gasteiger partial charge in [0.05, 0.1) is 25.5 Å². The molecule has 4 nitrogen and oxygen atoms in total. The van der Waals surface area contributed by atoms with Crippen molar-refractivity contribution in [2.75, 3.05) is 19.5 Å². The molecule has 0 aliphatic rings. The maximum Gasteiger partial charge on any atom is 0.165 e. The first-order chi connectivity index (χ1) is 9.67. The minimum absolute atomic E-state index is 0.136. The molecular weight excluding hydrogens is 259 g/mol. The topological polar surface area (TPSA) is 54.3 Å². The lowest BCUT2D eigenvalue weighted by Crippen LogP contribution is -1.96. The van der Waals surface area contributed by atoms with Gasteiger partial charge in [-0.2, -0.15) is 5.26 Å². The fourth-order valence-corrected chi connectivity index (χ4v) is 1.74. The Hall–Kier alpha value is -2.74. The van der Waals surface area contributed by atoms with E-state index in [9.17, 15) is 4.39 Å². The van der Waals surface area contributed by atoms with Gasteiger partial charge in [0.2, 0.25) is 0 Å². The molecule has 0 bridgehead atoms.